The lowest BCUT2D eigenvalue weighted by atomic mass is 9.77. The first-order valence-electron chi connectivity index (χ1n) is 11.2. The van der Waals surface area contributed by atoms with E-state index in [0.29, 0.717) is 66.4 Å². The quantitative estimate of drug-likeness (QED) is 0.475. The number of anilines is 2. The minimum absolute atomic E-state index is 0.123. The summed E-state index contributed by atoms with van der Waals surface area (Å²) in [6.45, 7) is 2.59. The molecule has 0 saturated carbocycles. The lowest BCUT2D eigenvalue weighted by Crippen LogP contribution is -2.42. The fourth-order valence-electron chi connectivity index (χ4n) is 4.80. The number of aryl methyl sites for hydroxylation is 1. The summed E-state index contributed by atoms with van der Waals surface area (Å²) in [6.07, 6.45) is -2.30. The zero-order valence-corrected chi connectivity index (χ0v) is 19.5. The first-order chi connectivity index (χ1) is 16.6. The first kappa shape index (κ1) is 23.8. The van der Waals surface area contributed by atoms with Crippen LogP contribution in [0, 0.1) is 5.41 Å². The number of carbonyl (C=O) groups excluding carboxylic acids is 1. The predicted molar refractivity (Wildman–Crippen MR) is 119 cm³/mol. The number of thiazole rings is 1. The van der Waals surface area contributed by atoms with Gasteiger partial charge in [0.1, 0.15) is 23.7 Å². The molecule has 2 fully saturated rings. The third-order valence-corrected chi connectivity index (χ3v) is 7.84. The number of aromatic nitrogens is 5. The first-order valence-corrected chi connectivity index (χ1v) is 12.0. The molecule has 3 aromatic rings. The maximum Gasteiger partial charge on any atom is 0.443 e. The molecule has 3 aromatic heterocycles. The molecule has 0 radical (unpaired) electrons. The highest BCUT2D eigenvalue weighted by Gasteiger charge is 2.47. The maximum atomic E-state index is 13.2. The van der Waals surface area contributed by atoms with Crippen LogP contribution >= 0.6 is 11.3 Å². The number of fused-ring (bicyclic) bond motifs is 1. The van der Waals surface area contributed by atoms with Crippen LogP contribution in [0.3, 0.4) is 0 Å². The van der Waals surface area contributed by atoms with Crippen LogP contribution in [-0.4, -0.2) is 56.7 Å². The van der Waals surface area contributed by atoms with Gasteiger partial charge in [0.15, 0.2) is 10.7 Å². The zero-order valence-electron chi connectivity index (χ0n) is 18.7. The van der Waals surface area contributed by atoms with Crippen LogP contribution < -0.4 is 9.80 Å². The van der Waals surface area contributed by atoms with Crippen molar-refractivity contribution in [2.75, 3.05) is 29.4 Å². The number of rotatable bonds is 5. The van der Waals surface area contributed by atoms with Crippen molar-refractivity contribution in [1.29, 1.82) is 0 Å². The SMILES string of the molecule is CCc1sc(C(F)(F)F)nc1N1CC2(CCN(c3cnc4cnn(CC(F)F)c4n3)CC2)CC1=O. The average Bonchev–Trinajstić information content (AvgIpc) is 3.49. The Labute approximate surface area is 200 Å². The summed E-state index contributed by atoms with van der Waals surface area (Å²) < 4.78 is 66.4. The van der Waals surface area contributed by atoms with Crippen LogP contribution in [0.1, 0.15) is 36.1 Å². The van der Waals surface area contributed by atoms with Crippen molar-refractivity contribution >= 4 is 40.0 Å². The Kier molecular flexibility index (Phi) is 5.88. The minimum atomic E-state index is -4.55. The van der Waals surface area contributed by atoms with E-state index < -0.39 is 24.2 Å². The monoisotopic (exact) mass is 515 g/mol. The fourth-order valence-corrected chi connectivity index (χ4v) is 5.67. The van der Waals surface area contributed by atoms with E-state index in [1.807, 2.05) is 4.90 Å². The van der Waals surface area contributed by atoms with E-state index in [9.17, 15) is 26.7 Å². The molecular formula is C21H22F5N7OS. The Morgan fingerprint density at radius 3 is 2.57 bits per heavy atom. The number of hydrogen-bond donors (Lipinski definition) is 0. The third-order valence-electron chi connectivity index (χ3n) is 6.61. The number of hydrogen-bond acceptors (Lipinski definition) is 7. The topological polar surface area (TPSA) is 80.0 Å². The van der Waals surface area contributed by atoms with Crippen LogP contribution in [-0.2, 0) is 23.9 Å². The average molecular weight is 516 g/mol. The summed E-state index contributed by atoms with van der Waals surface area (Å²) in [4.78, 5) is 29.3. The van der Waals surface area contributed by atoms with E-state index in [1.165, 1.54) is 11.1 Å². The van der Waals surface area contributed by atoms with Crippen molar-refractivity contribution in [3.8, 4) is 0 Å². The maximum absolute atomic E-state index is 13.2. The Bertz CT molecular complexity index is 1250. The van der Waals surface area contributed by atoms with Gasteiger partial charge in [0.2, 0.25) is 5.91 Å². The Hall–Kier alpha value is -2.90. The van der Waals surface area contributed by atoms with Crippen molar-refractivity contribution in [1.82, 2.24) is 24.7 Å². The normalized spacial score (nSPS) is 18.5. The molecule has 2 aliphatic rings. The Morgan fingerprint density at radius 1 is 1.17 bits per heavy atom. The molecule has 5 rings (SSSR count). The van der Waals surface area contributed by atoms with E-state index in [2.05, 4.69) is 20.1 Å². The molecule has 2 saturated heterocycles. The van der Waals surface area contributed by atoms with Crippen molar-refractivity contribution in [2.24, 2.45) is 5.41 Å². The van der Waals surface area contributed by atoms with Gasteiger partial charge in [0, 0.05) is 36.3 Å². The number of halogens is 5. The van der Waals surface area contributed by atoms with Gasteiger partial charge < -0.3 is 4.90 Å². The van der Waals surface area contributed by atoms with Gasteiger partial charge in [-0.15, -0.1) is 11.3 Å². The second-order valence-corrected chi connectivity index (χ2v) is 10.00. The standard InChI is InChI=1S/C21H22F5N7OS/c1-2-13-18(30-19(35-13)21(24,25)26)32-11-20(7-16(32)34)3-5-31(6-4-20)15-9-27-12-8-28-33(10-14(22)23)17(12)29-15/h8-9,14H,2-7,10-11H2,1H3. The van der Waals surface area contributed by atoms with Gasteiger partial charge in [-0.25, -0.2) is 28.4 Å². The number of piperidine rings is 1. The highest BCUT2D eigenvalue weighted by Crippen LogP contribution is 2.45. The molecule has 5 heterocycles. The molecule has 0 atom stereocenters. The predicted octanol–water partition coefficient (Wildman–Crippen LogP) is 4.15. The number of alkyl halides is 5. The molecule has 0 aliphatic carbocycles. The molecule has 0 bridgehead atoms. The zero-order chi connectivity index (χ0) is 25.0. The van der Waals surface area contributed by atoms with Crippen molar-refractivity contribution in [3.63, 3.8) is 0 Å². The van der Waals surface area contributed by atoms with Crippen LogP contribution in [0.25, 0.3) is 11.2 Å². The van der Waals surface area contributed by atoms with Crippen molar-refractivity contribution in [2.45, 2.75) is 51.8 Å². The molecule has 1 spiro atoms. The van der Waals surface area contributed by atoms with Gasteiger partial charge in [-0.1, -0.05) is 6.92 Å². The van der Waals surface area contributed by atoms with Gasteiger partial charge >= 0.3 is 6.18 Å². The van der Waals surface area contributed by atoms with Gasteiger partial charge in [-0.3, -0.25) is 9.69 Å². The highest BCUT2D eigenvalue weighted by molar-refractivity contribution is 7.12. The lowest BCUT2D eigenvalue weighted by molar-refractivity contribution is -0.137. The molecule has 14 heteroatoms. The second-order valence-electron chi connectivity index (χ2n) is 8.92. The van der Waals surface area contributed by atoms with E-state index in [1.54, 1.807) is 13.1 Å². The van der Waals surface area contributed by atoms with Crippen LogP contribution in [0.4, 0.5) is 33.6 Å². The largest absolute Gasteiger partial charge is 0.443 e. The summed E-state index contributed by atoms with van der Waals surface area (Å²) in [5.41, 5.74) is 0.338. The van der Waals surface area contributed by atoms with E-state index in [-0.39, 0.29) is 29.2 Å². The molecule has 8 nitrogen and oxygen atoms in total. The third kappa shape index (κ3) is 4.43. The molecule has 35 heavy (non-hydrogen) atoms. The minimum Gasteiger partial charge on any atom is -0.355 e. The van der Waals surface area contributed by atoms with E-state index in [0.717, 1.165) is 4.68 Å². The Balaban J connectivity index is 1.32. The summed E-state index contributed by atoms with van der Waals surface area (Å²) in [5, 5.41) is 2.99. The molecule has 0 aromatic carbocycles. The summed E-state index contributed by atoms with van der Waals surface area (Å²) in [6, 6.07) is 0. The highest BCUT2D eigenvalue weighted by atomic mass is 32.1. The number of nitrogens with zero attached hydrogens (tertiary/aromatic N) is 7. The van der Waals surface area contributed by atoms with Crippen molar-refractivity contribution in [3.05, 3.63) is 22.3 Å². The van der Waals surface area contributed by atoms with Gasteiger partial charge in [0.25, 0.3) is 6.43 Å². The summed E-state index contributed by atoms with van der Waals surface area (Å²) in [7, 11) is 0. The molecule has 1 amide bonds. The van der Waals surface area contributed by atoms with E-state index in [4.69, 9.17) is 0 Å². The molecule has 188 valence electrons. The molecule has 0 N–H and O–H groups in total. The van der Waals surface area contributed by atoms with E-state index >= 15 is 0 Å². The van der Waals surface area contributed by atoms with Gasteiger partial charge in [0.05, 0.1) is 12.4 Å². The smallest absolute Gasteiger partial charge is 0.355 e. The summed E-state index contributed by atoms with van der Waals surface area (Å²) >= 11 is 0.587. The second kappa shape index (κ2) is 8.64. The molecular weight excluding hydrogens is 493 g/mol. The number of carbonyl (C=O) groups is 1. The van der Waals surface area contributed by atoms with Gasteiger partial charge in [-0.05, 0) is 19.3 Å². The fraction of sp³-hybridized carbons (Fsp3) is 0.571. The molecule has 0 unspecified atom stereocenters. The Morgan fingerprint density at radius 2 is 1.91 bits per heavy atom. The van der Waals surface area contributed by atoms with Crippen molar-refractivity contribution < 1.29 is 26.7 Å². The summed E-state index contributed by atoms with van der Waals surface area (Å²) in [5.74, 6) is 0.439. The van der Waals surface area contributed by atoms with Gasteiger partial charge in [-0.2, -0.15) is 18.3 Å². The number of amides is 1. The van der Waals surface area contributed by atoms with Crippen LogP contribution in [0.15, 0.2) is 12.4 Å². The molecule has 2 aliphatic heterocycles. The van der Waals surface area contributed by atoms with Crippen LogP contribution in [0.2, 0.25) is 0 Å². The van der Waals surface area contributed by atoms with Crippen LogP contribution in [0.5, 0.6) is 0 Å². The lowest BCUT2D eigenvalue weighted by Gasteiger charge is -2.39.